The van der Waals surface area contributed by atoms with Gasteiger partial charge < -0.3 is 9.97 Å². The largest absolute Gasteiger partial charge is 0.352 e. The molecule has 0 unspecified atom stereocenters. The first-order valence-electron chi connectivity index (χ1n) is 10.8. The van der Waals surface area contributed by atoms with Crippen LogP contribution in [0.3, 0.4) is 0 Å². The summed E-state index contributed by atoms with van der Waals surface area (Å²) in [5, 5.41) is 2.89. The smallest absolute Gasteiger partial charge is 0.194 e. The zero-order valence-electron chi connectivity index (χ0n) is 17.6. The van der Waals surface area contributed by atoms with Crippen LogP contribution in [0.4, 0.5) is 0 Å². The second kappa shape index (κ2) is 6.36. The van der Waals surface area contributed by atoms with Crippen molar-refractivity contribution in [2.45, 2.75) is 0 Å². The molecule has 6 heteroatoms. The molecular formula is C28H14N2O4. The minimum Gasteiger partial charge on any atom is -0.352 e. The average Bonchev–Trinajstić information content (AvgIpc) is 2.87. The van der Waals surface area contributed by atoms with E-state index < -0.39 is 0 Å². The molecule has 0 aliphatic carbocycles. The van der Waals surface area contributed by atoms with Crippen molar-refractivity contribution in [1.29, 1.82) is 0 Å². The van der Waals surface area contributed by atoms with E-state index in [9.17, 15) is 19.2 Å². The van der Waals surface area contributed by atoms with E-state index in [2.05, 4.69) is 9.97 Å². The molecule has 1 aromatic heterocycles. The number of H-pyrrole nitrogens is 2. The van der Waals surface area contributed by atoms with Crippen LogP contribution in [0.1, 0.15) is 0 Å². The lowest BCUT2D eigenvalue weighted by atomic mass is 10.0. The van der Waals surface area contributed by atoms with Gasteiger partial charge in [-0.25, -0.2) is 0 Å². The van der Waals surface area contributed by atoms with Gasteiger partial charge in [-0.1, -0.05) is 48.5 Å². The molecule has 0 bridgehead atoms. The molecule has 0 spiro atoms. The number of hydrogen-bond donors (Lipinski definition) is 2. The molecule has 0 radical (unpaired) electrons. The van der Waals surface area contributed by atoms with Crippen LogP contribution in [0, 0.1) is 0 Å². The van der Waals surface area contributed by atoms with Gasteiger partial charge in [0.15, 0.2) is 21.7 Å². The second-order valence-corrected chi connectivity index (χ2v) is 8.54. The highest BCUT2D eigenvalue weighted by Crippen LogP contribution is 2.24. The van der Waals surface area contributed by atoms with Crippen LogP contribution in [-0.2, 0) is 0 Å². The molecule has 34 heavy (non-hydrogen) atoms. The molecule has 0 saturated carbocycles. The Hall–Kier alpha value is -4.84. The average molecular weight is 442 g/mol. The Morgan fingerprint density at radius 2 is 0.588 bits per heavy atom. The van der Waals surface area contributed by atoms with Crippen molar-refractivity contribution in [2.75, 3.05) is 0 Å². The molecule has 1 heterocycles. The lowest BCUT2D eigenvalue weighted by molar-refractivity contribution is 1.41. The molecule has 160 valence electrons. The van der Waals surface area contributed by atoms with Gasteiger partial charge in [0.05, 0.1) is 22.1 Å². The Labute approximate surface area is 189 Å². The molecule has 0 atom stereocenters. The van der Waals surface area contributed by atoms with Crippen molar-refractivity contribution in [3.8, 4) is 0 Å². The van der Waals surface area contributed by atoms with Crippen LogP contribution in [0.5, 0.6) is 0 Å². The number of fused-ring (bicyclic) bond motifs is 6. The van der Waals surface area contributed by atoms with E-state index in [-0.39, 0.29) is 21.7 Å². The first-order valence-corrected chi connectivity index (χ1v) is 10.8. The summed E-state index contributed by atoms with van der Waals surface area (Å²) < 4.78 is 0. The lowest BCUT2D eigenvalue weighted by Gasteiger charge is -2.08. The molecule has 0 aliphatic rings. The minimum atomic E-state index is -0.205. The van der Waals surface area contributed by atoms with E-state index in [1.807, 2.05) is 0 Å². The topological polar surface area (TPSA) is 99.9 Å². The second-order valence-electron chi connectivity index (χ2n) is 8.54. The van der Waals surface area contributed by atoms with Gasteiger partial charge in [0.2, 0.25) is 0 Å². The molecule has 7 rings (SSSR count). The summed E-state index contributed by atoms with van der Waals surface area (Å²) in [6, 6.07) is 20.3. The van der Waals surface area contributed by atoms with Crippen molar-refractivity contribution in [2.24, 2.45) is 0 Å². The normalized spacial score (nSPS) is 12.0. The molecular weight excluding hydrogens is 428 g/mol. The van der Waals surface area contributed by atoms with Crippen molar-refractivity contribution in [1.82, 2.24) is 9.97 Å². The Kier molecular flexibility index (Phi) is 3.50. The van der Waals surface area contributed by atoms with E-state index in [1.165, 1.54) is 0 Å². The van der Waals surface area contributed by atoms with E-state index in [1.54, 1.807) is 72.8 Å². The summed E-state index contributed by atoms with van der Waals surface area (Å²) in [7, 11) is 0. The van der Waals surface area contributed by atoms with Crippen LogP contribution < -0.4 is 21.7 Å². The first kappa shape index (κ1) is 18.7. The fraction of sp³-hybridized carbons (Fsp3) is 0. The Morgan fingerprint density at radius 3 is 0.824 bits per heavy atom. The monoisotopic (exact) mass is 442 g/mol. The quantitative estimate of drug-likeness (QED) is 0.345. The van der Waals surface area contributed by atoms with Crippen molar-refractivity contribution in [3.05, 3.63) is 114 Å². The van der Waals surface area contributed by atoms with Gasteiger partial charge in [-0.15, -0.1) is 0 Å². The van der Waals surface area contributed by atoms with Gasteiger partial charge in [0.25, 0.3) is 0 Å². The maximum atomic E-state index is 13.1. The minimum absolute atomic E-state index is 0.205. The number of rotatable bonds is 0. The predicted molar refractivity (Wildman–Crippen MR) is 136 cm³/mol. The predicted octanol–water partition coefficient (Wildman–Crippen LogP) is 4.14. The highest BCUT2D eigenvalue weighted by molar-refractivity contribution is 6.06. The summed E-state index contributed by atoms with van der Waals surface area (Å²) in [4.78, 5) is 58.9. The molecule has 6 nitrogen and oxygen atoms in total. The van der Waals surface area contributed by atoms with Gasteiger partial charge in [-0.05, 0) is 24.3 Å². The van der Waals surface area contributed by atoms with Gasteiger partial charge in [-0.2, -0.15) is 0 Å². The third kappa shape index (κ3) is 2.34. The summed E-state index contributed by atoms with van der Waals surface area (Å²) >= 11 is 0. The number of hydrogen-bond acceptors (Lipinski definition) is 4. The summed E-state index contributed by atoms with van der Waals surface area (Å²) in [6.45, 7) is 0. The number of benzene rings is 6. The van der Waals surface area contributed by atoms with Crippen LogP contribution in [-0.4, -0.2) is 9.97 Å². The first-order chi connectivity index (χ1) is 16.5. The van der Waals surface area contributed by atoms with Gasteiger partial charge >= 0.3 is 0 Å². The Balaban J connectivity index is 1.65. The van der Waals surface area contributed by atoms with Crippen molar-refractivity contribution >= 4 is 65.2 Å². The zero-order chi connectivity index (χ0) is 23.1. The Bertz CT molecular complexity index is 1940. The molecule has 0 amide bonds. The van der Waals surface area contributed by atoms with Crippen molar-refractivity contribution in [3.63, 3.8) is 0 Å². The standard InChI is InChI=1S/C28H14N2O4/c31-25-13-5-1-2-6-14(13)26(32)18-10-22-21(9-17(18)25)29-23-11-19-20(12-24(23)30-22)28(34)16-8-4-3-7-15(16)27(19)33/h1-12,29-30H. The summed E-state index contributed by atoms with van der Waals surface area (Å²) in [5.41, 5.74) is 1.63. The third-order valence-corrected chi connectivity index (χ3v) is 6.67. The SMILES string of the molecule is O=c1c2ccccc2c(=O)c2cc3[nH]c4cc5c(=O)c6ccccc6c(=O)c5cc4[nH]c3cc12. The maximum absolute atomic E-state index is 13.1. The fourth-order valence-corrected chi connectivity index (χ4v) is 4.99. The molecule has 7 aromatic rings. The molecule has 6 aromatic carbocycles. The molecule has 2 N–H and O–H groups in total. The van der Waals surface area contributed by atoms with E-state index in [4.69, 9.17) is 0 Å². The fourth-order valence-electron chi connectivity index (χ4n) is 4.99. The van der Waals surface area contributed by atoms with Crippen LogP contribution in [0.2, 0.25) is 0 Å². The summed E-state index contributed by atoms with van der Waals surface area (Å²) in [6.07, 6.45) is 0. The van der Waals surface area contributed by atoms with E-state index in [0.29, 0.717) is 65.2 Å². The molecule has 0 fully saturated rings. The lowest BCUT2D eigenvalue weighted by Crippen LogP contribution is -2.13. The van der Waals surface area contributed by atoms with Crippen LogP contribution in [0.15, 0.2) is 92.0 Å². The van der Waals surface area contributed by atoms with Gasteiger partial charge in [0, 0.05) is 43.1 Å². The van der Waals surface area contributed by atoms with Crippen LogP contribution in [0.25, 0.3) is 65.2 Å². The van der Waals surface area contributed by atoms with Gasteiger partial charge in [0.1, 0.15) is 0 Å². The third-order valence-electron chi connectivity index (χ3n) is 6.67. The Morgan fingerprint density at radius 1 is 0.353 bits per heavy atom. The van der Waals surface area contributed by atoms with Crippen molar-refractivity contribution < 1.29 is 0 Å². The number of aromatic nitrogens is 2. The molecule has 0 aliphatic heterocycles. The van der Waals surface area contributed by atoms with Crippen LogP contribution >= 0.6 is 0 Å². The highest BCUT2D eigenvalue weighted by atomic mass is 16.1. The highest BCUT2D eigenvalue weighted by Gasteiger charge is 2.14. The number of aromatic amines is 2. The summed E-state index contributed by atoms with van der Waals surface area (Å²) in [5.74, 6) is 0. The van der Waals surface area contributed by atoms with E-state index in [0.717, 1.165) is 0 Å². The van der Waals surface area contributed by atoms with Gasteiger partial charge in [-0.3, -0.25) is 19.2 Å². The number of nitrogens with one attached hydrogen (secondary N) is 2. The molecule has 0 saturated heterocycles. The zero-order valence-corrected chi connectivity index (χ0v) is 17.6. The van der Waals surface area contributed by atoms with E-state index >= 15 is 0 Å². The maximum Gasteiger partial charge on any atom is 0.194 e.